The second-order valence-corrected chi connectivity index (χ2v) is 8.08. The van der Waals surface area contributed by atoms with E-state index in [4.69, 9.17) is 11.5 Å². The van der Waals surface area contributed by atoms with E-state index in [0.29, 0.717) is 25.0 Å². The molecule has 2 aliphatic heterocycles. The number of primary amides is 1. The number of aromatic amines is 1. The van der Waals surface area contributed by atoms with Gasteiger partial charge in [-0.25, -0.2) is 14.6 Å². The zero-order valence-corrected chi connectivity index (χ0v) is 16.8. The summed E-state index contributed by atoms with van der Waals surface area (Å²) in [5.74, 6) is -2.56. The number of quaternary nitrogens is 1. The van der Waals surface area contributed by atoms with Crippen molar-refractivity contribution in [2.75, 3.05) is 6.54 Å². The minimum absolute atomic E-state index is 0.151. The van der Waals surface area contributed by atoms with E-state index in [2.05, 4.69) is 15.3 Å². The fourth-order valence-electron chi connectivity index (χ4n) is 4.88. The van der Waals surface area contributed by atoms with Gasteiger partial charge in [0.2, 0.25) is 5.91 Å². The highest BCUT2D eigenvalue weighted by molar-refractivity contribution is 5.98. The molecule has 0 aromatic carbocycles. The van der Waals surface area contributed by atoms with E-state index in [1.807, 2.05) is 13.8 Å². The summed E-state index contributed by atoms with van der Waals surface area (Å²) < 4.78 is -0.726. The van der Waals surface area contributed by atoms with E-state index in [-0.39, 0.29) is 30.7 Å². The minimum Gasteiger partial charge on any atom is -0.364 e. The standard InChI is InChI=1S/C19H28N6O4/c1-3-12-10(2)15(24-17(12)27)19(29)25(6-4-5-14(25)16(21)26)18(28)13(20)7-11-8-22-9-23-11/h8-10,12-15H,3-7,20H2,1-2H3,(H3-,21,22,23,24,26,27)/p+1/t10?,12?,13-,14-,15-,25?/m0/s1. The molecule has 2 saturated heterocycles. The molecule has 29 heavy (non-hydrogen) atoms. The van der Waals surface area contributed by atoms with Gasteiger partial charge in [0.25, 0.3) is 5.91 Å². The van der Waals surface area contributed by atoms with Gasteiger partial charge in [-0.15, -0.1) is 0 Å². The molecule has 158 valence electrons. The zero-order chi connectivity index (χ0) is 21.3. The Bertz CT molecular complexity index is 810. The molecule has 10 nitrogen and oxygen atoms in total. The smallest absolute Gasteiger partial charge is 0.344 e. The summed E-state index contributed by atoms with van der Waals surface area (Å²) in [7, 11) is 0. The third-order valence-electron chi connectivity index (χ3n) is 6.45. The van der Waals surface area contributed by atoms with E-state index < -0.39 is 40.3 Å². The molecule has 1 aromatic rings. The quantitative estimate of drug-likeness (QED) is 0.442. The number of carbonyl (C=O) groups excluding carboxylic acids is 4. The molecule has 0 spiro atoms. The number of likely N-dealkylation sites (tertiary alicyclic amines) is 1. The molecular weight excluding hydrogens is 376 g/mol. The van der Waals surface area contributed by atoms with Crippen LogP contribution in [0, 0.1) is 11.8 Å². The summed E-state index contributed by atoms with van der Waals surface area (Å²) in [4.78, 5) is 58.5. The lowest BCUT2D eigenvalue weighted by Gasteiger charge is -2.37. The maximum atomic E-state index is 13.7. The van der Waals surface area contributed by atoms with Gasteiger partial charge in [-0.2, -0.15) is 4.48 Å². The van der Waals surface area contributed by atoms with Gasteiger partial charge < -0.3 is 21.8 Å². The Morgan fingerprint density at radius 1 is 1.38 bits per heavy atom. The first-order valence-electron chi connectivity index (χ1n) is 10.0. The molecule has 10 heteroatoms. The Hall–Kier alpha value is -2.59. The third kappa shape index (κ3) is 3.46. The predicted molar refractivity (Wildman–Crippen MR) is 103 cm³/mol. The number of rotatable bonds is 6. The third-order valence-corrected chi connectivity index (χ3v) is 6.45. The molecule has 3 unspecified atom stereocenters. The maximum Gasteiger partial charge on any atom is 0.344 e. The largest absolute Gasteiger partial charge is 0.364 e. The number of aromatic nitrogens is 2. The molecule has 1 aromatic heterocycles. The number of carbonyl (C=O) groups is 4. The molecular formula is C19H29N6O4+. The first kappa shape index (κ1) is 21.1. The molecule has 3 heterocycles. The Morgan fingerprint density at radius 2 is 2.10 bits per heavy atom. The van der Waals surface area contributed by atoms with Crippen LogP contribution in [0.25, 0.3) is 0 Å². The Labute approximate surface area is 169 Å². The van der Waals surface area contributed by atoms with Crippen LogP contribution in [-0.2, 0) is 25.6 Å². The zero-order valence-electron chi connectivity index (χ0n) is 16.8. The highest BCUT2D eigenvalue weighted by Crippen LogP contribution is 2.35. The molecule has 2 fully saturated rings. The van der Waals surface area contributed by atoms with Crippen LogP contribution >= 0.6 is 0 Å². The lowest BCUT2D eigenvalue weighted by Crippen LogP contribution is -2.70. The first-order valence-corrected chi connectivity index (χ1v) is 10.0. The molecule has 0 saturated carbocycles. The van der Waals surface area contributed by atoms with E-state index in [0.717, 1.165) is 0 Å². The summed E-state index contributed by atoms with van der Waals surface area (Å²) in [5.41, 5.74) is 12.4. The number of amides is 4. The van der Waals surface area contributed by atoms with E-state index in [1.54, 1.807) is 6.20 Å². The van der Waals surface area contributed by atoms with Crippen molar-refractivity contribution in [1.82, 2.24) is 15.3 Å². The van der Waals surface area contributed by atoms with Crippen molar-refractivity contribution in [3.8, 4) is 0 Å². The Kier molecular flexibility index (Phi) is 5.85. The van der Waals surface area contributed by atoms with Crippen molar-refractivity contribution in [3.05, 3.63) is 18.2 Å². The van der Waals surface area contributed by atoms with Crippen molar-refractivity contribution < 1.29 is 23.7 Å². The van der Waals surface area contributed by atoms with Gasteiger partial charge in [0.1, 0.15) is 12.1 Å². The fraction of sp³-hybridized carbons (Fsp3) is 0.632. The number of H-pyrrole nitrogens is 1. The number of hydrogen-bond acceptors (Lipinski definition) is 6. The van der Waals surface area contributed by atoms with Gasteiger partial charge in [0.05, 0.1) is 12.9 Å². The number of nitrogens with two attached hydrogens (primary N) is 2. The van der Waals surface area contributed by atoms with Gasteiger partial charge in [-0.3, -0.25) is 9.59 Å². The molecule has 0 bridgehead atoms. The van der Waals surface area contributed by atoms with Gasteiger partial charge in [-0.05, 0) is 6.42 Å². The molecule has 6 atom stereocenters. The highest BCUT2D eigenvalue weighted by atomic mass is 16.2. The highest BCUT2D eigenvalue weighted by Gasteiger charge is 2.62. The SMILES string of the molecule is CCC1C(=O)N[C@H](C(=O)[N+]2(C(=O)[C@@H](N)Cc3cnc[nH]3)CCC[C@H]2C(N)=O)C1C. The fourth-order valence-corrected chi connectivity index (χ4v) is 4.88. The molecule has 6 N–H and O–H groups in total. The van der Waals surface area contributed by atoms with Crippen LogP contribution < -0.4 is 16.8 Å². The molecule has 2 aliphatic rings. The van der Waals surface area contributed by atoms with Crippen molar-refractivity contribution in [2.24, 2.45) is 23.3 Å². The van der Waals surface area contributed by atoms with E-state index in [1.165, 1.54) is 6.33 Å². The van der Waals surface area contributed by atoms with Crippen LogP contribution in [0.3, 0.4) is 0 Å². The summed E-state index contributed by atoms with van der Waals surface area (Å²) in [6.07, 6.45) is 4.60. The van der Waals surface area contributed by atoms with Gasteiger partial charge in [-0.1, -0.05) is 13.8 Å². The number of hydrogen-bond donors (Lipinski definition) is 4. The van der Waals surface area contributed by atoms with Crippen LogP contribution in [-0.4, -0.2) is 62.7 Å². The molecule has 4 amide bonds. The average molecular weight is 405 g/mol. The maximum absolute atomic E-state index is 13.7. The first-order chi connectivity index (χ1) is 13.7. The van der Waals surface area contributed by atoms with Crippen molar-refractivity contribution in [3.63, 3.8) is 0 Å². The van der Waals surface area contributed by atoms with Crippen LogP contribution in [0.2, 0.25) is 0 Å². The van der Waals surface area contributed by atoms with Gasteiger partial charge >= 0.3 is 11.8 Å². The van der Waals surface area contributed by atoms with E-state index >= 15 is 0 Å². The van der Waals surface area contributed by atoms with Crippen LogP contribution in [0.1, 0.15) is 38.8 Å². The molecule has 0 radical (unpaired) electrons. The van der Waals surface area contributed by atoms with Crippen LogP contribution in [0.15, 0.2) is 12.5 Å². The van der Waals surface area contributed by atoms with E-state index in [9.17, 15) is 19.2 Å². The summed E-state index contributed by atoms with van der Waals surface area (Å²) in [6, 6.07) is -2.85. The van der Waals surface area contributed by atoms with Gasteiger partial charge in [0.15, 0.2) is 6.04 Å². The second-order valence-electron chi connectivity index (χ2n) is 8.08. The topological polar surface area (TPSA) is 161 Å². The Morgan fingerprint density at radius 3 is 2.66 bits per heavy atom. The van der Waals surface area contributed by atoms with Crippen LogP contribution in [0.5, 0.6) is 0 Å². The van der Waals surface area contributed by atoms with Crippen molar-refractivity contribution in [2.45, 2.75) is 57.7 Å². The monoisotopic (exact) mass is 405 g/mol. The molecule has 3 rings (SSSR count). The van der Waals surface area contributed by atoms with Crippen LogP contribution in [0.4, 0.5) is 0 Å². The average Bonchev–Trinajstić information content (AvgIpc) is 3.40. The van der Waals surface area contributed by atoms with Crippen molar-refractivity contribution in [1.29, 1.82) is 0 Å². The predicted octanol–water partition coefficient (Wildman–Crippen LogP) is -1.04. The summed E-state index contributed by atoms with van der Waals surface area (Å²) >= 11 is 0. The minimum atomic E-state index is -1.02. The number of nitrogens with zero attached hydrogens (tertiary/aromatic N) is 2. The number of imidazole rings is 1. The lowest BCUT2D eigenvalue weighted by atomic mass is 9.88. The second kappa shape index (κ2) is 8.03. The summed E-state index contributed by atoms with van der Waals surface area (Å²) in [5, 5.41) is 2.74. The normalized spacial score (nSPS) is 32.7. The molecule has 0 aliphatic carbocycles. The Balaban J connectivity index is 1.96. The van der Waals surface area contributed by atoms with Gasteiger partial charge in [0, 0.05) is 43.0 Å². The van der Waals surface area contributed by atoms with Crippen molar-refractivity contribution >= 4 is 23.6 Å². The number of nitrogens with one attached hydrogen (secondary N) is 2. The summed E-state index contributed by atoms with van der Waals surface area (Å²) in [6.45, 7) is 3.85. The lowest BCUT2D eigenvalue weighted by molar-refractivity contribution is -0.783. The number of imide groups is 1.